The maximum atomic E-state index is 12.5. The molecule has 0 spiro atoms. The van der Waals surface area contributed by atoms with Crippen molar-refractivity contribution < 1.29 is 33.6 Å². The normalized spacial score (nSPS) is 26.6. The van der Waals surface area contributed by atoms with Gasteiger partial charge in [-0.1, -0.05) is 36.4 Å². The summed E-state index contributed by atoms with van der Waals surface area (Å²) in [5, 5.41) is 10.8. The Hall–Kier alpha value is -2.74. The number of carbonyl (C=O) groups is 2. The minimum absolute atomic E-state index is 0.212. The topological polar surface area (TPSA) is 91.3 Å². The van der Waals surface area contributed by atoms with Crippen molar-refractivity contribution in [3.63, 3.8) is 0 Å². The van der Waals surface area contributed by atoms with E-state index in [9.17, 15) is 14.7 Å². The number of esters is 2. The smallest absolute Gasteiger partial charge is 0.338 e. The van der Waals surface area contributed by atoms with Crippen molar-refractivity contribution in [1.82, 2.24) is 0 Å². The zero-order chi connectivity index (χ0) is 20.1. The van der Waals surface area contributed by atoms with Crippen molar-refractivity contribution in [2.24, 2.45) is 0 Å². The van der Waals surface area contributed by atoms with Crippen molar-refractivity contribution >= 4 is 11.9 Å². The van der Waals surface area contributed by atoms with Gasteiger partial charge in [0.2, 0.25) is 0 Å². The van der Waals surface area contributed by atoms with Gasteiger partial charge in [0.15, 0.2) is 18.0 Å². The van der Waals surface area contributed by atoms with Gasteiger partial charge < -0.3 is 24.1 Å². The van der Waals surface area contributed by atoms with Gasteiger partial charge in [-0.3, -0.25) is 0 Å². The first-order valence-electron chi connectivity index (χ1n) is 8.82. The van der Waals surface area contributed by atoms with E-state index in [1.807, 2.05) is 0 Å². The van der Waals surface area contributed by atoms with E-state index in [-0.39, 0.29) is 6.61 Å². The molecule has 4 atom stereocenters. The second-order valence-corrected chi connectivity index (χ2v) is 6.62. The first-order valence-corrected chi connectivity index (χ1v) is 8.82. The molecule has 7 heteroatoms. The van der Waals surface area contributed by atoms with Crippen molar-refractivity contribution in [3.05, 3.63) is 71.8 Å². The van der Waals surface area contributed by atoms with Crippen molar-refractivity contribution in [2.45, 2.75) is 31.0 Å². The number of benzene rings is 2. The lowest BCUT2D eigenvalue weighted by Crippen LogP contribution is -2.49. The minimum atomic E-state index is -1.62. The lowest BCUT2D eigenvalue weighted by atomic mass is 9.97. The Bertz CT molecular complexity index is 804. The largest absolute Gasteiger partial charge is 0.459 e. The standard InChI is InChI=1S/C21H22O7/c1-21(24)17(28-19(23)15-11-7-4-8-12-15)16(27-20(21)25-2)13-26-18(22)14-9-5-3-6-10-14/h3-12,16-17,20,24H,13H2,1-2H3/t16-,17+,20-,21?/m1/s1. The number of carbonyl (C=O) groups excluding carboxylic acids is 2. The molecule has 0 aromatic heterocycles. The molecule has 2 aromatic rings. The number of ether oxygens (including phenoxy) is 4. The maximum Gasteiger partial charge on any atom is 0.338 e. The highest BCUT2D eigenvalue weighted by Gasteiger charge is 2.56. The predicted molar refractivity (Wildman–Crippen MR) is 98.7 cm³/mol. The molecule has 28 heavy (non-hydrogen) atoms. The molecule has 0 amide bonds. The third kappa shape index (κ3) is 4.22. The SMILES string of the molecule is CO[C@@H]1O[C@H](COC(=O)c2ccccc2)[C@H](OC(=O)c2ccccc2)C1(C)O. The molecule has 3 rings (SSSR count). The van der Waals surface area contributed by atoms with Crippen LogP contribution in [0.5, 0.6) is 0 Å². The van der Waals surface area contributed by atoms with Gasteiger partial charge in [-0.05, 0) is 31.2 Å². The summed E-state index contributed by atoms with van der Waals surface area (Å²) in [7, 11) is 1.37. The van der Waals surface area contributed by atoms with Crippen LogP contribution in [0.3, 0.4) is 0 Å². The molecule has 148 valence electrons. The van der Waals surface area contributed by atoms with Crippen molar-refractivity contribution in [1.29, 1.82) is 0 Å². The molecule has 1 saturated heterocycles. The third-order valence-electron chi connectivity index (χ3n) is 4.54. The summed E-state index contributed by atoms with van der Waals surface area (Å²) in [4.78, 5) is 24.6. The molecule has 7 nitrogen and oxygen atoms in total. The molecular weight excluding hydrogens is 364 g/mol. The zero-order valence-electron chi connectivity index (χ0n) is 15.6. The molecule has 1 unspecified atom stereocenters. The molecule has 0 aliphatic carbocycles. The van der Waals surface area contributed by atoms with E-state index in [1.165, 1.54) is 14.0 Å². The summed E-state index contributed by atoms with van der Waals surface area (Å²) in [6.07, 6.45) is -3.02. The molecule has 1 aliphatic heterocycles. The number of hydrogen-bond donors (Lipinski definition) is 1. The monoisotopic (exact) mass is 386 g/mol. The van der Waals surface area contributed by atoms with Crippen LogP contribution < -0.4 is 0 Å². The summed E-state index contributed by atoms with van der Waals surface area (Å²) in [5.74, 6) is -1.16. The highest BCUT2D eigenvalue weighted by Crippen LogP contribution is 2.34. The van der Waals surface area contributed by atoms with E-state index in [2.05, 4.69) is 0 Å². The van der Waals surface area contributed by atoms with E-state index >= 15 is 0 Å². The van der Waals surface area contributed by atoms with E-state index in [1.54, 1.807) is 60.7 Å². The second kappa shape index (κ2) is 8.52. The van der Waals surface area contributed by atoms with Gasteiger partial charge in [0.1, 0.15) is 12.7 Å². The van der Waals surface area contributed by atoms with Crippen LogP contribution in [0.1, 0.15) is 27.6 Å². The van der Waals surface area contributed by atoms with Crippen LogP contribution in [-0.2, 0) is 18.9 Å². The van der Waals surface area contributed by atoms with E-state index in [0.717, 1.165) is 0 Å². The Morgan fingerprint density at radius 2 is 1.54 bits per heavy atom. The highest BCUT2D eigenvalue weighted by molar-refractivity contribution is 5.90. The fraction of sp³-hybridized carbons (Fsp3) is 0.333. The molecule has 2 aromatic carbocycles. The number of rotatable bonds is 6. The fourth-order valence-corrected chi connectivity index (χ4v) is 3.07. The van der Waals surface area contributed by atoms with Crippen LogP contribution in [-0.4, -0.2) is 54.9 Å². The van der Waals surface area contributed by atoms with Gasteiger partial charge in [0.05, 0.1) is 11.1 Å². The van der Waals surface area contributed by atoms with Gasteiger partial charge >= 0.3 is 11.9 Å². The van der Waals surface area contributed by atoms with Crippen molar-refractivity contribution in [3.8, 4) is 0 Å². The Kier molecular flexibility index (Phi) is 6.08. The van der Waals surface area contributed by atoms with Crippen LogP contribution in [0.4, 0.5) is 0 Å². The minimum Gasteiger partial charge on any atom is -0.459 e. The first kappa shape index (κ1) is 20.0. The summed E-state index contributed by atoms with van der Waals surface area (Å²) in [6.45, 7) is 1.24. The van der Waals surface area contributed by atoms with E-state index in [4.69, 9.17) is 18.9 Å². The Balaban J connectivity index is 1.72. The van der Waals surface area contributed by atoms with E-state index in [0.29, 0.717) is 11.1 Å². The quantitative estimate of drug-likeness (QED) is 0.761. The van der Waals surface area contributed by atoms with Crippen LogP contribution >= 0.6 is 0 Å². The highest BCUT2D eigenvalue weighted by atomic mass is 16.7. The first-order chi connectivity index (χ1) is 13.4. The lowest BCUT2D eigenvalue weighted by molar-refractivity contribution is -0.187. The van der Waals surface area contributed by atoms with Gasteiger partial charge in [-0.25, -0.2) is 9.59 Å². The molecule has 1 N–H and O–H groups in total. The Labute approximate surface area is 162 Å². The van der Waals surface area contributed by atoms with Crippen LogP contribution in [0.2, 0.25) is 0 Å². The van der Waals surface area contributed by atoms with Gasteiger partial charge in [0, 0.05) is 7.11 Å². The van der Waals surface area contributed by atoms with Crippen LogP contribution in [0.15, 0.2) is 60.7 Å². The van der Waals surface area contributed by atoms with E-state index < -0.39 is 36.0 Å². The summed E-state index contributed by atoms with van der Waals surface area (Å²) in [5.41, 5.74) is -0.907. The molecule has 0 saturated carbocycles. The molecule has 1 aliphatic rings. The molecular formula is C21H22O7. The maximum absolute atomic E-state index is 12.5. The molecule has 0 bridgehead atoms. The predicted octanol–water partition coefficient (Wildman–Crippen LogP) is 2.19. The van der Waals surface area contributed by atoms with Crippen molar-refractivity contribution in [2.75, 3.05) is 13.7 Å². The average Bonchev–Trinajstić information content (AvgIpc) is 2.96. The zero-order valence-corrected chi connectivity index (χ0v) is 15.6. The summed E-state index contributed by atoms with van der Waals surface area (Å²) < 4.78 is 21.6. The average molecular weight is 386 g/mol. The number of hydrogen-bond acceptors (Lipinski definition) is 7. The lowest BCUT2D eigenvalue weighted by Gasteiger charge is -2.28. The summed E-state index contributed by atoms with van der Waals surface area (Å²) in [6, 6.07) is 16.9. The molecule has 1 fully saturated rings. The number of aliphatic hydroxyl groups is 1. The van der Waals surface area contributed by atoms with Crippen LogP contribution in [0.25, 0.3) is 0 Å². The molecule has 1 heterocycles. The summed E-state index contributed by atoms with van der Waals surface area (Å²) >= 11 is 0. The van der Waals surface area contributed by atoms with Gasteiger partial charge in [0.25, 0.3) is 0 Å². The molecule has 0 radical (unpaired) electrons. The van der Waals surface area contributed by atoms with Crippen LogP contribution in [0, 0.1) is 0 Å². The van der Waals surface area contributed by atoms with Gasteiger partial charge in [-0.15, -0.1) is 0 Å². The second-order valence-electron chi connectivity index (χ2n) is 6.62. The van der Waals surface area contributed by atoms with Gasteiger partial charge in [-0.2, -0.15) is 0 Å². The number of methoxy groups -OCH3 is 1. The fourth-order valence-electron chi connectivity index (χ4n) is 3.07. The Morgan fingerprint density at radius 1 is 1.00 bits per heavy atom. The third-order valence-corrected chi connectivity index (χ3v) is 4.54. The Morgan fingerprint density at radius 3 is 2.07 bits per heavy atom.